The van der Waals surface area contributed by atoms with Crippen LogP contribution in [0, 0.1) is 5.82 Å². The quantitative estimate of drug-likeness (QED) is 0.866. The molecule has 0 unspecified atom stereocenters. The van der Waals surface area contributed by atoms with Crippen molar-refractivity contribution >= 4 is 18.5 Å². The molecule has 1 aliphatic heterocycles. The van der Waals surface area contributed by atoms with Gasteiger partial charge < -0.3 is 14.6 Å². The predicted molar refractivity (Wildman–Crippen MR) is 91.8 cm³/mol. The number of amides is 1. The van der Waals surface area contributed by atoms with Crippen LogP contribution in [0.3, 0.4) is 0 Å². The second kappa shape index (κ2) is 5.56. The monoisotopic (exact) mass is 333 g/mol. The highest BCUT2D eigenvalue weighted by Gasteiger charge is 2.52. The van der Waals surface area contributed by atoms with Crippen molar-refractivity contribution < 1.29 is 18.5 Å². The molecular weight excluding hydrogens is 308 g/mol. The van der Waals surface area contributed by atoms with Crippen molar-refractivity contribution in [3.63, 3.8) is 0 Å². The van der Waals surface area contributed by atoms with Crippen molar-refractivity contribution in [1.29, 1.82) is 0 Å². The van der Waals surface area contributed by atoms with E-state index in [1.54, 1.807) is 12.1 Å². The lowest BCUT2D eigenvalue weighted by atomic mass is 9.77. The van der Waals surface area contributed by atoms with Crippen LogP contribution in [0.1, 0.15) is 64.2 Å². The molecule has 0 spiro atoms. The zero-order valence-electron chi connectivity index (χ0n) is 15.0. The highest BCUT2D eigenvalue weighted by Crippen LogP contribution is 2.36. The van der Waals surface area contributed by atoms with Crippen LogP contribution in [0.4, 0.5) is 4.39 Å². The molecule has 3 rings (SSSR count). The van der Waals surface area contributed by atoms with Gasteiger partial charge in [-0.2, -0.15) is 0 Å². The van der Waals surface area contributed by atoms with Gasteiger partial charge in [0.2, 0.25) is 0 Å². The molecule has 6 heteroatoms. The Balaban J connectivity index is 1.77. The fourth-order valence-electron chi connectivity index (χ4n) is 3.01. The van der Waals surface area contributed by atoms with Crippen molar-refractivity contribution in [3.8, 4) is 0 Å². The fourth-order valence-corrected chi connectivity index (χ4v) is 3.01. The van der Waals surface area contributed by atoms with Gasteiger partial charge in [0, 0.05) is 16.6 Å². The lowest BCUT2D eigenvalue weighted by Gasteiger charge is -2.39. The summed E-state index contributed by atoms with van der Waals surface area (Å²) < 4.78 is 26.3. The largest absolute Gasteiger partial charge is 0.497 e. The van der Waals surface area contributed by atoms with Crippen LogP contribution in [0.5, 0.6) is 0 Å². The van der Waals surface area contributed by atoms with Crippen molar-refractivity contribution in [1.82, 2.24) is 5.32 Å². The molecule has 2 fully saturated rings. The molecule has 4 nitrogen and oxygen atoms in total. The standard InChI is InChI=1S/C18H25BFNO3/c1-16(2)17(3,4)24-19(23-16)13-8-7-12(11-14(13)20)15(22)21-18(5)9-6-10-18/h7-8,11H,6,9-10H2,1-5H3,(H,21,22). The summed E-state index contributed by atoms with van der Waals surface area (Å²) in [5.41, 5.74) is -0.573. The summed E-state index contributed by atoms with van der Waals surface area (Å²) in [5.74, 6) is -0.725. The van der Waals surface area contributed by atoms with Crippen molar-refractivity contribution in [2.75, 3.05) is 0 Å². The van der Waals surface area contributed by atoms with Gasteiger partial charge in [-0.25, -0.2) is 4.39 Å². The molecule has 1 aromatic rings. The maximum absolute atomic E-state index is 14.6. The van der Waals surface area contributed by atoms with E-state index in [-0.39, 0.29) is 11.4 Å². The maximum Gasteiger partial charge on any atom is 0.497 e. The van der Waals surface area contributed by atoms with E-state index in [1.807, 2.05) is 34.6 Å². The summed E-state index contributed by atoms with van der Waals surface area (Å²) in [6, 6.07) is 4.47. The van der Waals surface area contributed by atoms with Gasteiger partial charge in [-0.1, -0.05) is 6.07 Å². The maximum atomic E-state index is 14.6. The zero-order valence-corrected chi connectivity index (χ0v) is 15.0. The number of halogens is 1. The smallest absolute Gasteiger partial charge is 0.399 e. The first-order chi connectivity index (χ1) is 11.0. The second-order valence-corrected chi connectivity index (χ2v) is 8.19. The number of carbonyl (C=O) groups excluding carboxylic acids is 1. The summed E-state index contributed by atoms with van der Waals surface area (Å²) in [5, 5.41) is 2.98. The van der Waals surface area contributed by atoms with Crippen LogP contribution in [0.25, 0.3) is 0 Å². The summed E-state index contributed by atoms with van der Waals surface area (Å²) in [6.45, 7) is 9.71. The van der Waals surface area contributed by atoms with E-state index in [4.69, 9.17) is 9.31 Å². The Kier molecular flexibility index (Phi) is 4.04. The molecule has 1 N–H and O–H groups in total. The Morgan fingerprint density at radius 2 is 1.71 bits per heavy atom. The fraction of sp³-hybridized carbons (Fsp3) is 0.611. The van der Waals surface area contributed by atoms with Gasteiger partial charge in [-0.3, -0.25) is 4.79 Å². The van der Waals surface area contributed by atoms with Gasteiger partial charge in [0.15, 0.2) is 0 Å². The zero-order chi connectivity index (χ0) is 17.8. The molecule has 0 atom stereocenters. The molecule has 0 bridgehead atoms. The first-order valence-electron chi connectivity index (χ1n) is 8.51. The number of hydrogen-bond donors (Lipinski definition) is 1. The molecule has 0 radical (unpaired) electrons. The van der Waals surface area contributed by atoms with Crippen molar-refractivity contribution in [3.05, 3.63) is 29.6 Å². The lowest BCUT2D eigenvalue weighted by Crippen LogP contribution is -2.51. The Morgan fingerprint density at radius 3 is 2.17 bits per heavy atom. The second-order valence-electron chi connectivity index (χ2n) is 8.19. The first kappa shape index (κ1) is 17.4. The van der Waals surface area contributed by atoms with Gasteiger partial charge in [0.25, 0.3) is 5.91 Å². The highest BCUT2D eigenvalue weighted by atomic mass is 19.1. The third-order valence-corrected chi connectivity index (χ3v) is 5.64. The minimum atomic E-state index is -0.767. The van der Waals surface area contributed by atoms with Crippen LogP contribution >= 0.6 is 0 Å². The highest BCUT2D eigenvalue weighted by molar-refractivity contribution is 6.62. The Labute approximate surface area is 143 Å². The van der Waals surface area contributed by atoms with Gasteiger partial charge in [-0.05, 0) is 66.0 Å². The predicted octanol–water partition coefficient (Wildman–Crippen LogP) is 2.80. The summed E-state index contributed by atoms with van der Waals surface area (Å²) in [4.78, 5) is 12.3. The number of carbonyl (C=O) groups is 1. The van der Waals surface area contributed by atoms with Crippen molar-refractivity contribution in [2.45, 2.75) is 70.6 Å². The molecule has 2 aliphatic rings. The molecule has 130 valence electrons. The SMILES string of the molecule is CC1(NC(=O)c2ccc(B3OC(C)(C)C(C)(C)O3)c(F)c2)CCC1. The van der Waals surface area contributed by atoms with E-state index < -0.39 is 24.1 Å². The number of nitrogens with one attached hydrogen (secondary N) is 1. The van der Waals surface area contributed by atoms with E-state index in [0.29, 0.717) is 11.0 Å². The Bertz CT molecular complexity index is 654. The molecule has 0 aromatic heterocycles. The van der Waals surface area contributed by atoms with Crippen LogP contribution in [0.15, 0.2) is 18.2 Å². The van der Waals surface area contributed by atoms with E-state index in [1.165, 1.54) is 6.07 Å². The first-order valence-corrected chi connectivity index (χ1v) is 8.51. The minimum Gasteiger partial charge on any atom is -0.399 e. The average Bonchev–Trinajstić information content (AvgIpc) is 2.65. The Morgan fingerprint density at radius 1 is 1.12 bits per heavy atom. The van der Waals surface area contributed by atoms with E-state index in [0.717, 1.165) is 19.3 Å². The molecule has 1 saturated carbocycles. The molecule has 1 aromatic carbocycles. The van der Waals surface area contributed by atoms with Crippen LogP contribution in [0.2, 0.25) is 0 Å². The van der Waals surface area contributed by atoms with Crippen molar-refractivity contribution in [2.24, 2.45) is 0 Å². The number of benzene rings is 1. The molecular formula is C18H25BFNO3. The molecule has 24 heavy (non-hydrogen) atoms. The van der Waals surface area contributed by atoms with Gasteiger partial charge >= 0.3 is 7.12 Å². The van der Waals surface area contributed by atoms with E-state index in [2.05, 4.69) is 5.32 Å². The lowest BCUT2D eigenvalue weighted by molar-refractivity contribution is 0.00578. The van der Waals surface area contributed by atoms with E-state index >= 15 is 0 Å². The number of rotatable bonds is 3. The topological polar surface area (TPSA) is 47.6 Å². The third-order valence-electron chi connectivity index (χ3n) is 5.64. The molecule has 1 amide bonds. The summed E-state index contributed by atoms with van der Waals surface area (Å²) in [7, 11) is -0.767. The summed E-state index contributed by atoms with van der Waals surface area (Å²) in [6.07, 6.45) is 3.05. The van der Waals surface area contributed by atoms with Gasteiger partial charge in [-0.15, -0.1) is 0 Å². The van der Waals surface area contributed by atoms with E-state index in [9.17, 15) is 9.18 Å². The van der Waals surface area contributed by atoms with Gasteiger partial charge in [0.1, 0.15) is 5.82 Å². The molecule has 1 aliphatic carbocycles. The summed E-state index contributed by atoms with van der Waals surface area (Å²) >= 11 is 0. The van der Waals surface area contributed by atoms with Crippen LogP contribution in [-0.4, -0.2) is 29.8 Å². The Hall–Kier alpha value is -1.40. The van der Waals surface area contributed by atoms with Gasteiger partial charge in [0.05, 0.1) is 11.2 Å². The molecule has 1 saturated heterocycles. The van der Waals surface area contributed by atoms with Crippen LogP contribution in [-0.2, 0) is 9.31 Å². The minimum absolute atomic E-state index is 0.155. The number of hydrogen-bond acceptors (Lipinski definition) is 3. The third kappa shape index (κ3) is 2.97. The molecule has 1 heterocycles. The van der Waals surface area contributed by atoms with Crippen LogP contribution < -0.4 is 10.8 Å². The normalized spacial score (nSPS) is 23.7. The average molecular weight is 333 g/mol.